The minimum Gasteiger partial charge on any atom is -0.495 e. The topological polar surface area (TPSA) is 72.6 Å². The Morgan fingerprint density at radius 1 is 1.53 bits per heavy atom. The summed E-state index contributed by atoms with van der Waals surface area (Å²) in [6.07, 6.45) is 3.41. The third kappa shape index (κ3) is 2.74. The Morgan fingerprint density at radius 2 is 2.21 bits per heavy atom. The zero-order chi connectivity index (χ0) is 14.0. The molecule has 0 aliphatic heterocycles. The van der Waals surface area contributed by atoms with Crippen LogP contribution in [0.25, 0.3) is 0 Å². The van der Waals surface area contributed by atoms with Crippen molar-refractivity contribution in [3.63, 3.8) is 0 Å². The average Bonchev–Trinajstić information content (AvgIpc) is 3.20. The van der Waals surface area contributed by atoms with Gasteiger partial charge in [-0.2, -0.15) is 4.31 Å². The second-order valence-corrected chi connectivity index (χ2v) is 6.39. The van der Waals surface area contributed by atoms with E-state index in [0.29, 0.717) is 18.0 Å². The molecule has 0 spiro atoms. The van der Waals surface area contributed by atoms with Crippen molar-refractivity contribution in [2.24, 2.45) is 0 Å². The maximum absolute atomic E-state index is 12.6. The molecule has 104 valence electrons. The van der Waals surface area contributed by atoms with Gasteiger partial charge in [-0.1, -0.05) is 6.08 Å². The highest BCUT2D eigenvalue weighted by molar-refractivity contribution is 7.89. The maximum atomic E-state index is 12.6. The smallest absolute Gasteiger partial charge is 0.243 e. The normalized spacial score (nSPS) is 15.5. The number of anilines is 1. The van der Waals surface area contributed by atoms with Gasteiger partial charge in [-0.15, -0.1) is 6.58 Å². The number of hydrogen-bond acceptors (Lipinski definition) is 4. The largest absolute Gasteiger partial charge is 0.495 e. The van der Waals surface area contributed by atoms with Crippen LogP contribution in [0, 0.1) is 0 Å². The number of nitrogens with zero attached hydrogens (tertiary/aromatic N) is 1. The van der Waals surface area contributed by atoms with E-state index in [1.54, 1.807) is 12.1 Å². The molecule has 1 aliphatic rings. The van der Waals surface area contributed by atoms with E-state index in [1.807, 2.05) is 0 Å². The molecule has 2 N–H and O–H groups in total. The lowest BCUT2D eigenvalue weighted by molar-refractivity contribution is 0.413. The van der Waals surface area contributed by atoms with Crippen LogP contribution in [0.15, 0.2) is 35.7 Å². The number of ether oxygens (including phenoxy) is 1. The molecule has 6 heteroatoms. The van der Waals surface area contributed by atoms with Crippen LogP contribution < -0.4 is 10.5 Å². The van der Waals surface area contributed by atoms with Crippen LogP contribution >= 0.6 is 0 Å². The second kappa shape index (κ2) is 5.22. The number of rotatable bonds is 6. The molecule has 2 rings (SSSR count). The van der Waals surface area contributed by atoms with Crippen molar-refractivity contribution in [2.75, 3.05) is 19.4 Å². The number of nitrogen functional groups attached to an aromatic ring is 1. The highest BCUT2D eigenvalue weighted by atomic mass is 32.2. The molecule has 0 heterocycles. The minimum absolute atomic E-state index is 0.0894. The summed E-state index contributed by atoms with van der Waals surface area (Å²) in [6.45, 7) is 3.93. The molecule has 1 aromatic rings. The quantitative estimate of drug-likeness (QED) is 0.635. The summed E-state index contributed by atoms with van der Waals surface area (Å²) in [5.74, 6) is 0.371. The first-order valence-corrected chi connectivity index (χ1v) is 7.51. The molecule has 5 nitrogen and oxygen atoms in total. The monoisotopic (exact) mass is 282 g/mol. The summed E-state index contributed by atoms with van der Waals surface area (Å²) in [5.41, 5.74) is 6.12. The predicted molar refractivity (Wildman–Crippen MR) is 74.5 cm³/mol. The summed E-state index contributed by atoms with van der Waals surface area (Å²) in [7, 11) is -2.06. The number of nitrogens with two attached hydrogens (primary N) is 1. The summed E-state index contributed by atoms with van der Waals surface area (Å²) < 4.78 is 31.7. The van der Waals surface area contributed by atoms with Crippen LogP contribution in [0.4, 0.5) is 5.69 Å². The summed E-state index contributed by atoms with van der Waals surface area (Å²) >= 11 is 0. The van der Waals surface area contributed by atoms with Gasteiger partial charge in [-0.3, -0.25) is 0 Å². The molecule has 1 saturated carbocycles. The molecular weight excluding hydrogens is 264 g/mol. The Kier molecular flexibility index (Phi) is 3.82. The van der Waals surface area contributed by atoms with Gasteiger partial charge in [0.15, 0.2) is 0 Å². The van der Waals surface area contributed by atoms with Crippen molar-refractivity contribution in [1.29, 1.82) is 0 Å². The SMILES string of the molecule is C=CCN(C1CC1)S(=O)(=O)c1ccc(N)c(OC)c1. The Hall–Kier alpha value is -1.53. The second-order valence-electron chi connectivity index (χ2n) is 4.50. The van der Waals surface area contributed by atoms with E-state index in [1.165, 1.54) is 23.5 Å². The van der Waals surface area contributed by atoms with Crippen molar-refractivity contribution in [3.05, 3.63) is 30.9 Å². The van der Waals surface area contributed by atoms with Crippen LogP contribution in [0.1, 0.15) is 12.8 Å². The Bertz CT molecular complexity index is 580. The number of hydrogen-bond donors (Lipinski definition) is 1. The number of sulfonamides is 1. The third-order valence-electron chi connectivity index (χ3n) is 3.07. The molecule has 0 saturated heterocycles. The zero-order valence-electron chi connectivity index (χ0n) is 10.9. The van der Waals surface area contributed by atoms with E-state index in [9.17, 15) is 8.42 Å². The van der Waals surface area contributed by atoms with Gasteiger partial charge in [-0.05, 0) is 25.0 Å². The molecule has 0 bridgehead atoms. The highest BCUT2D eigenvalue weighted by Gasteiger charge is 2.37. The maximum Gasteiger partial charge on any atom is 0.243 e. The Labute approximate surface area is 113 Å². The molecule has 0 amide bonds. The van der Waals surface area contributed by atoms with Gasteiger partial charge in [0, 0.05) is 18.7 Å². The molecular formula is C13H18N2O3S. The van der Waals surface area contributed by atoms with Crippen LogP contribution in [0.5, 0.6) is 5.75 Å². The van der Waals surface area contributed by atoms with Crippen molar-refractivity contribution in [3.8, 4) is 5.75 Å². The van der Waals surface area contributed by atoms with Gasteiger partial charge in [0.2, 0.25) is 10.0 Å². The van der Waals surface area contributed by atoms with Gasteiger partial charge in [-0.25, -0.2) is 8.42 Å². The first-order chi connectivity index (χ1) is 9.00. The lowest BCUT2D eigenvalue weighted by Crippen LogP contribution is -2.33. The van der Waals surface area contributed by atoms with Crippen molar-refractivity contribution >= 4 is 15.7 Å². The van der Waals surface area contributed by atoms with E-state index in [2.05, 4.69) is 6.58 Å². The van der Waals surface area contributed by atoms with Gasteiger partial charge in [0.05, 0.1) is 17.7 Å². The van der Waals surface area contributed by atoms with Crippen LogP contribution in [-0.2, 0) is 10.0 Å². The summed E-state index contributed by atoms with van der Waals surface area (Å²) in [6, 6.07) is 4.60. The average molecular weight is 282 g/mol. The first kappa shape index (κ1) is 13.9. The van der Waals surface area contributed by atoms with Gasteiger partial charge >= 0.3 is 0 Å². The van der Waals surface area contributed by atoms with E-state index in [4.69, 9.17) is 10.5 Å². The number of methoxy groups -OCH3 is 1. The third-order valence-corrected chi connectivity index (χ3v) is 4.99. The molecule has 0 radical (unpaired) electrons. The first-order valence-electron chi connectivity index (χ1n) is 6.07. The van der Waals surface area contributed by atoms with Gasteiger partial charge < -0.3 is 10.5 Å². The minimum atomic E-state index is -3.52. The molecule has 19 heavy (non-hydrogen) atoms. The fourth-order valence-electron chi connectivity index (χ4n) is 1.92. The lowest BCUT2D eigenvalue weighted by atomic mass is 10.3. The lowest BCUT2D eigenvalue weighted by Gasteiger charge is -2.20. The molecule has 0 atom stereocenters. The molecule has 1 aromatic carbocycles. The Balaban J connectivity index is 2.39. The highest BCUT2D eigenvalue weighted by Crippen LogP contribution is 2.33. The fraction of sp³-hybridized carbons (Fsp3) is 0.385. The molecule has 1 aliphatic carbocycles. The molecule has 0 aromatic heterocycles. The predicted octanol–water partition coefficient (Wildman–Crippen LogP) is 1.62. The standard InChI is InChI=1S/C13H18N2O3S/c1-3-8-15(10-4-5-10)19(16,17)11-6-7-12(14)13(9-11)18-2/h3,6-7,9-10H,1,4-5,8,14H2,2H3. The van der Waals surface area contributed by atoms with E-state index < -0.39 is 10.0 Å². The summed E-state index contributed by atoms with van der Waals surface area (Å²) in [5, 5.41) is 0. The van der Waals surface area contributed by atoms with E-state index in [0.717, 1.165) is 12.8 Å². The van der Waals surface area contributed by atoms with Gasteiger partial charge in [0.25, 0.3) is 0 Å². The summed E-state index contributed by atoms with van der Waals surface area (Å²) in [4.78, 5) is 0.201. The van der Waals surface area contributed by atoms with Crippen LogP contribution in [-0.4, -0.2) is 32.4 Å². The van der Waals surface area contributed by atoms with Crippen molar-refractivity contribution in [1.82, 2.24) is 4.31 Å². The fourth-order valence-corrected chi connectivity index (χ4v) is 3.59. The molecule has 0 unspecified atom stereocenters. The molecule has 1 fully saturated rings. The van der Waals surface area contributed by atoms with Crippen LogP contribution in [0.3, 0.4) is 0 Å². The van der Waals surface area contributed by atoms with Crippen molar-refractivity contribution < 1.29 is 13.2 Å². The number of benzene rings is 1. The van der Waals surface area contributed by atoms with E-state index >= 15 is 0 Å². The van der Waals surface area contributed by atoms with Crippen LogP contribution in [0.2, 0.25) is 0 Å². The Morgan fingerprint density at radius 3 is 2.74 bits per heavy atom. The van der Waals surface area contributed by atoms with E-state index in [-0.39, 0.29) is 10.9 Å². The van der Waals surface area contributed by atoms with Crippen molar-refractivity contribution in [2.45, 2.75) is 23.8 Å². The zero-order valence-corrected chi connectivity index (χ0v) is 11.7. The van der Waals surface area contributed by atoms with Gasteiger partial charge in [0.1, 0.15) is 5.75 Å².